The van der Waals surface area contributed by atoms with Gasteiger partial charge in [-0.05, 0) is 36.1 Å². The van der Waals surface area contributed by atoms with Gasteiger partial charge >= 0.3 is 5.97 Å². The highest BCUT2D eigenvalue weighted by Gasteiger charge is 2.19. The Labute approximate surface area is 165 Å². The first-order chi connectivity index (χ1) is 13.5. The van der Waals surface area contributed by atoms with Gasteiger partial charge in [0.15, 0.2) is 0 Å². The summed E-state index contributed by atoms with van der Waals surface area (Å²) in [4.78, 5) is 35.6. The summed E-state index contributed by atoms with van der Waals surface area (Å²) in [7, 11) is 0. The van der Waals surface area contributed by atoms with Crippen LogP contribution in [0.5, 0.6) is 0 Å². The quantitative estimate of drug-likeness (QED) is 0.588. The number of hydrogen-bond acceptors (Lipinski definition) is 3. The van der Waals surface area contributed by atoms with Crippen molar-refractivity contribution < 1.29 is 19.5 Å². The number of benzene rings is 2. The second kappa shape index (κ2) is 10.9. The Morgan fingerprint density at radius 2 is 1.64 bits per heavy atom. The maximum absolute atomic E-state index is 12.5. The van der Waals surface area contributed by atoms with Crippen LogP contribution < -0.4 is 10.6 Å². The standard InChI is InChI=1S/C22H26N2O4/c1-2-6-19(24-20(25)15-17-7-4-3-5-8-17)21(26)23-14-13-16-9-11-18(12-10-16)22(27)28/h3-5,7-12,19H,2,6,13-15H2,1H3,(H,23,26)(H,24,25)(H,27,28). The molecule has 0 radical (unpaired) electrons. The van der Waals surface area contributed by atoms with Crippen LogP contribution in [0, 0.1) is 0 Å². The smallest absolute Gasteiger partial charge is 0.335 e. The fourth-order valence-corrected chi connectivity index (χ4v) is 2.85. The molecule has 6 heteroatoms. The van der Waals surface area contributed by atoms with E-state index in [1.165, 1.54) is 0 Å². The Bertz CT molecular complexity index is 788. The van der Waals surface area contributed by atoms with Crippen molar-refractivity contribution in [2.24, 2.45) is 0 Å². The molecule has 2 amide bonds. The molecule has 2 aromatic rings. The molecule has 0 bridgehead atoms. The number of carboxylic acid groups (broad SMARTS) is 1. The number of amides is 2. The first kappa shape index (κ1) is 21.2. The summed E-state index contributed by atoms with van der Waals surface area (Å²) in [5.74, 6) is -1.34. The van der Waals surface area contributed by atoms with E-state index in [1.807, 2.05) is 37.3 Å². The molecule has 6 nitrogen and oxygen atoms in total. The molecule has 0 heterocycles. The SMILES string of the molecule is CCCC(NC(=O)Cc1ccccc1)C(=O)NCCc1ccc(C(=O)O)cc1. The molecule has 0 aliphatic heterocycles. The molecule has 0 spiro atoms. The lowest BCUT2D eigenvalue weighted by Crippen LogP contribution is -2.47. The Balaban J connectivity index is 1.82. The molecule has 0 aromatic heterocycles. The van der Waals surface area contributed by atoms with Crippen LogP contribution in [0.4, 0.5) is 0 Å². The molecule has 2 rings (SSSR count). The normalized spacial score (nSPS) is 11.5. The fourth-order valence-electron chi connectivity index (χ4n) is 2.85. The predicted octanol–water partition coefficient (Wildman–Crippen LogP) is 2.57. The Kier molecular flexibility index (Phi) is 8.21. The van der Waals surface area contributed by atoms with Crippen LogP contribution in [0.1, 0.15) is 41.3 Å². The van der Waals surface area contributed by atoms with Crippen molar-refractivity contribution in [2.45, 2.75) is 38.6 Å². The lowest BCUT2D eigenvalue weighted by atomic mass is 10.1. The highest BCUT2D eigenvalue weighted by molar-refractivity contribution is 5.88. The number of carboxylic acids is 1. The van der Waals surface area contributed by atoms with Crippen LogP contribution in [0.3, 0.4) is 0 Å². The van der Waals surface area contributed by atoms with Crippen LogP contribution in [-0.4, -0.2) is 35.5 Å². The minimum Gasteiger partial charge on any atom is -0.478 e. The van der Waals surface area contributed by atoms with Crippen molar-refractivity contribution >= 4 is 17.8 Å². The van der Waals surface area contributed by atoms with Crippen molar-refractivity contribution in [3.8, 4) is 0 Å². The third-order valence-corrected chi connectivity index (χ3v) is 4.35. The summed E-state index contributed by atoms with van der Waals surface area (Å²) in [6.45, 7) is 2.38. The van der Waals surface area contributed by atoms with E-state index in [0.717, 1.165) is 17.5 Å². The molecular weight excluding hydrogens is 356 g/mol. The van der Waals surface area contributed by atoms with Gasteiger partial charge in [-0.1, -0.05) is 55.8 Å². The fraction of sp³-hybridized carbons (Fsp3) is 0.318. The maximum Gasteiger partial charge on any atom is 0.335 e. The minimum atomic E-state index is -0.964. The van der Waals surface area contributed by atoms with Crippen molar-refractivity contribution in [3.05, 3.63) is 71.3 Å². The zero-order valence-electron chi connectivity index (χ0n) is 16.0. The van der Waals surface area contributed by atoms with Gasteiger partial charge in [0.1, 0.15) is 6.04 Å². The number of carbonyl (C=O) groups is 3. The van der Waals surface area contributed by atoms with Crippen LogP contribution in [-0.2, 0) is 22.4 Å². The number of carbonyl (C=O) groups excluding carboxylic acids is 2. The molecule has 148 valence electrons. The maximum atomic E-state index is 12.5. The Hall–Kier alpha value is -3.15. The van der Waals surface area contributed by atoms with E-state index in [1.54, 1.807) is 24.3 Å². The van der Waals surface area contributed by atoms with Crippen LogP contribution in [0.15, 0.2) is 54.6 Å². The van der Waals surface area contributed by atoms with Crippen LogP contribution >= 0.6 is 0 Å². The Morgan fingerprint density at radius 1 is 0.964 bits per heavy atom. The van der Waals surface area contributed by atoms with Gasteiger partial charge in [-0.25, -0.2) is 4.79 Å². The van der Waals surface area contributed by atoms with E-state index >= 15 is 0 Å². The molecule has 1 atom stereocenters. The van der Waals surface area contributed by atoms with E-state index in [4.69, 9.17) is 5.11 Å². The zero-order chi connectivity index (χ0) is 20.4. The predicted molar refractivity (Wildman–Crippen MR) is 107 cm³/mol. The first-order valence-corrected chi connectivity index (χ1v) is 9.42. The highest BCUT2D eigenvalue weighted by atomic mass is 16.4. The summed E-state index contributed by atoms with van der Waals surface area (Å²) < 4.78 is 0. The average Bonchev–Trinajstić information content (AvgIpc) is 2.68. The van der Waals surface area contributed by atoms with Gasteiger partial charge in [0.05, 0.1) is 12.0 Å². The second-order valence-corrected chi connectivity index (χ2v) is 6.61. The highest BCUT2D eigenvalue weighted by Crippen LogP contribution is 2.05. The number of nitrogens with one attached hydrogen (secondary N) is 2. The topological polar surface area (TPSA) is 95.5 Å². The third kappa shape index (κ3) is 6.87. The average molecular weight is 382 g/mol. The van der Waals surface area contributed by atoms with Gasteiger partial charge in [-0.3, -0.25) is 9.59 Å². The largest absolute Gasteiger partial charge is 0.478 e. The van der Waals surface area contributed by atoms with Crippen molar-refractivity contribution in [3.63, 3.8) is 0 Å². The lowest BCUT2D eigenvalue weighted by molar-refractivity contribution is -0.128. The van der Waals surface area contributed by atoms with Crippen molar-refractivity contribution in [1.29, 1.82) is 0 Å². The summed E-state index contributed by atoms with van der Waals surface area (Å²) >= 11 is 0. The summed E-state index contributed by atoms with van der Waals surface area (Å²) in [6, 6.07) is 15.4. The molecule has 28 heavy (non-hydrogen) atoms. The summed E-state index contributed by atoms with van der Waals surface area (Å²) in [5, 5.41) is 14.6. The third-order valence-electron chi connectivity index (χ3n) is 4.35. The summed E-state index contributed by atoms with van der Waals surface area (Å²) in [6.07, 6.45) is 2.17. The van der Waals surface area contributed by atoms with E-state index in [-0.39, 0.29) is 23.8 Å². The molecule has 1 unspecified atom stereocenters. The van der Waals surface area contributed by atoms with Gasteiger partial charge in [-0.2, -0.15) is 0 Å². The summed E-state index contributed by atoms with van der Waals surface area (Å²) in [5.41, 5.74) is 2.07. The number of rotatable bonds is 10. The Morgan fingerprint density at radius 3 is 2.25 bits per heavy atom. The number of aromatic carboxylic acids is 1. The lowest BCUT2D eigenvalue weighted by Gasteiger charge is -2.18. The second-order valence-electron chi connectivity index (χ2n) is 6.61. The van der Waals surface area contributed by atoms with Gasteiger partial charge in [0.2, 0.25) is 11.8 Å². The van der Waals surface area contributed by atoms with E-state index < -0.39 is 12.0 Å². The van der Waals surface area contributed by atoms with Gasteiger partial charge in [0, 0.05) is 6.54 Å². The van der Waals surface area contributed by atoms with Crippen molar-refractivity contribution in [1.82, 2.24) is 10.6 Å². The van der Waals surface area contributed by atoms with Gasteiger partial charge < -0.3 is 15.7 Å². The molecule has 0 saturated heterocycles. The molecule has 2 aromatic carbocycles. The van der Waals surface area contributed by atoms with Gasteiger partial charge in [-0.15, -0.1) is 0 Å². The molecule has 3 N–H and O–H groups in total. The molecule has 0 aliphatic carbocycles. The molecule has 0 fully saturated rings. The minimum absolute atomic E-state index is 0.177. The van der Waals surface area contributed by atoms with Crippen molar-refractivity contribution in [2.75, 3.05) is 6.54 Å². The molecular formula is C22H26N2O4. The molecule has 0 saturated carbocycles. The van der Waals surface area contributed by atoms with Crippen LogP contribution in [0.25, 0.3) is 0 Å². The molecule has 0 aliphatic rings. The van der Waals surface area contributed by atoms with E-state index in [2.05, 4.69) is 10.6 Å². The number of hydrogen-bond donors (Lipinski definition) is 3. The van der Waals surface area contributed by atoms with Crippen LogP contribution in [0.2, 0.25) is 0 Å². The zero-order valence-corrected chi connectivity index (χ0v) is 16.0. The van der Waals surface area contributed by atoms with Gasteiger partial charge in [0.25, 0.3) is 0 Å². The van der Waals surface area contributed by atoms with E-state index in [0.29, 0.717) is 19.4 Å². The monoisotopic (exact) mass is 382 g/mol. The first-order valence-electron chi connectivity index (χ1n) is 9.42. The van der Waals surface area contributed by atoms with E-state index in [9.17, 15) is 14.4 Å².